The maximum Gasteiger partial charge on any atom is 0.306 e. The highest BCUT2D eigenvalue weighted by Crippen LogP contribution is 2.16. The molecule has 1 atom stereocenters. The largest absolute Gasteiger partial charge is 0.462 e. The summed E-state index contributed by atoms with van der Waals surface area (Å²) in [5.41, 5.74) is 0. The summed E-state index contributed by atoms with van der Waals surface area (Å²) in [6, 6.07) is 0. The second kappa shape index (κ2) is 57.9. The fourth-order valence-electron chi connectivity index (χ4n) is 8.74. The molecule has 0 heterocycles. The monoisotopic (exact) mass is 967 g/mol. The zero-order valence-electron chi connectivity index (χ0n) is 46.1. The summed E-state index contributed by atoms with van der Waals surface area (Å²) in [4.78, 5) is 38.1. The van der Waals surface area contributed by atoms with Gasteiger partial charge >= 0.3 is 17.9 Å². The second-order valence-electron chi connectivity index (χ2n) is 20.3. The molecular weight excluding hydrogens is 853 g/mol. The van der Waals surface area contributed by atoms with Crippen molar-refractivity contribution in [2.75, 3.05) is 13.2 Å². The Hall–Kier alpha value is -2.63. The summed E-state index contributed by atoms with van der Waals surface area (Å²) in [5.74, 6) is -0.876. The molecule has 0 aliphatic rings. The van der Waals surface area contributed by atoms with E-state index >= 15 is 0 Å². The molecule has 0 fully saturated rings. The third-order valence-corrected chi connectivity index (χ3v) is 13.3. The van der Waals surface area contributed by atoms with Crippen LogP contribution in [0.1, 0.15) is 316 Å². The van der Waals surface area contributed by atoms with Crippen LogP contribution in [0.25, 0.3) is 0 Å². The summed E-state index contributed by atoms with van der Waals surface area (Å²) in [6.45, 7) is 6.62. The topological polar surface area (TPSA) is 78.9 Å². The van der Waals surface area contributed by atoms with E-state index in [2.05, 4.69) is 69.4 Å². The van der Waals surface area contributed by atoms with Crippen molar-refractivity contribution in [2.24, 2.45) is 0 Å². The van der Waals surface area contributed by atoms with Crippen molar-refractivity contribution in [1.29, 1.82) is 0 Å². The Morgan fingerprint density at radius 3 is 0.826 bits per heavy atom. The van der Waals surface area contributed by atoms with Crippen LogP contribution in [0, 0.1) is 0 Å². The van der Waals surface area contributed by atoms with Gasteiger partial charge in [-0.05, 0) is 83.5 Å². The van der Waals surface area contributed by atoms with Crippen molar-refractivity contribution in [3.05, 3.63) is 48.6 Å². The molecule has 69 heavy (non-hydrogen) atoms. The molecule has 402 valence electrons. The number of rotatable bonds is 55. The number of carbonyl (C=O) groups is 3. The van der Waals surface area contributed by atoms with Gasteiger partial charge in [-0.3, -0.25) is 14.4 Å². The summed E-state index contributed by atoms with van der Waals surface area (Å²) < 4.78 is 16.9. The SMILES string of the molecule is CCCCC/C=C\C/C=C\CCCCCCCC(=O)OC(COC(=O)CCCCCCCCCCCCC)COC(=O)CCCCCCCCCCCCCCC/C=C\C/C=C\CCCCCCC. The first-order valence-electron chi connectivity index (χ1n) is 30.1. The molecule has 0 aromatic rings. The minimum Gasteiger partial charge on any atom is -0.462 e. The van der Waals surface area contributed by atoms with Crippen molar-refractivity contribution in [3.8, 4) is 0 Å². The first kappa shape index (κ1) is 66.4. The molecule has 0 aromatic heterocycles. The van der Waals surface area contributed by atoms with Gasteiger partial charge in [-0.1, -0.05) is 262 Å². The molecule has 6 nitrogen and oxygen atoms in total. The molecule has 0 spiro atoms. The Balaban J connectivity index is 4.23. The third kappa shape index (κ3) is 56.2. The number of unbranched alkanes of at least 4 members (excludes halogenated alkanes) is 36. The number of esters is 3. The van der Waals surface area contributed by atoms with E-state index in [1.807, 2.05) is 0 Å². The van der Waals surface area contributed by atoms with Crippen LogP contribution in [0.4, 0.5) is 0 Å². The van der Waals surface area contributed by atoms with E-state index in [4.69, 9.17) is 14.2 Å². The molecule has 0 radical (unpaired) electrons. The maximum atomic E-state index is 12.8. The van der Waals surface area contributed by atoms with Crippen LogP contribution in [0.2, 0.25) is 0 Å². The molecular formula is C63H114O6. The first-order valence-corrected chi connectivity index (χ1v) is 30.1. The van der Waals surface area contributed by atoms with Crippen LogP contribution in [-0.4, -0.2) is 37.2 Å². The van der Waals surface area contributed by atoms with Gasteiger partial charge in [0.15, 0.2) is 6.10 Å². The average Bonchev–Trinajstić information content (AvgIpc) is 3.35. The summed E-state index contributed by atoms with van der Waals surface area (Å²) in [5, 5.41) is 0. The van der Waals surface area contributed by atoms with Gasteiger partial charge in [0.25, 0.3) is 0 Å². The number of ether oxygens (including phenoxy) is 3. The molecule has 1 unspecified atom stereocenters. The van der Waals surface area contributed by atoms with E-state index < -0.39 is 6.10 Å². The zero-order valence-corrected chi connectivity index (χ0v) is 46.1. The highest BCUT2D eigenvalue weighted by Gasteiger charge is 2.19. The van der Waals surface area contributed by atoms with Gasteiger partial charge < -0.3 is 14.2 Å². The summed E-state index contributed by atoms with van der Waals surface area (Å²) in [7, 11) is 0. The Bertz CT molecular complexity index is 1200. The van der Waals surface area contributed by atoms with E-state index in [1.165, 1.54) is 186 Å². The summed E-state index contributed by atoms with van der Waals surface area (Å²) >= 11 is 0. The predicted molar refractivity (Wildman–Crippen MR) is 298 cm³/mol. The number of carbonyl (C=O) groups excluding carboxylic acids is 3. The zero-order chi connectivity index (χ0) is 50.0. The van der Waals surface area contributed by atoms with Crippen molar-refractivity contribution < 1.29 is 28.6 Å². The predicted octanol–water partition coefficient (Wildman–Crippen LogP) is 20.2. The van der Waals surface area contributed by atoms with Gasteiger partial charge in [0.1, 0.15) is 13.2 Å². The van der Waals surface area contributed by atoms with Crippen LogP contribution in [0.5, 0.6) is 0 Å². The quantitative estimate of drug-likeness (QED) is 0.0262. The molecule has 0 saturated carbocycles. The molecule has 0 aliphatic carbocycles. The van der Waals surface area contributed by atoms with Gasteiger partial charge in [-0.2, -0.15) is 0 Å². The van der Waals surface area contributed by atoms with Gasteiger partial charge in [0, 0.05) is 19.3 Å². The van der Waals surface area contributed by atoms with Gasteiger partial charge in [0.2, 0.25) is 0 Å². The van der Waals surface area contributed by atoms with Crippen molar-refractivity contribution in [1.82, 2.24) is 0 Å². The normalized spacial score (nSPS) is 12.3. The molecule has 0 aromatic carbocycles. The van der Waals surface area contributed by atoms with Crippen LogP contribution in [0.15, 0.2) is 48.6 Å². The fourth-order valence-corrected chi connectivity index (χ4v) is 8.74. The average molecular weight is 968 g/mol. The standard InChI is InChI=1S/C63H114O6/c1-4-7-10-13-16-19-22-24-26-27-28-29-30-31-32-33-34-35-37-38-41-44-47-50-53-56-62(65)68-59-60(58-67-61(64)55-52-49-46-43-40-21-18-15-12-9-6-3)69-63(66)57-54-51-48-45-42-39-36-25-23-20-17-14-11-8-5-2/h17,20,22,24-25,27-28,36,60H,4-16,18-19,21,23,26,29-35,37-59H2,1-3H3/b20-17-,24-22-,28-27-,36-25-. The number of hydrogen-bond acceptors (Lipinski definition) is 6. The lowest BCUT2D eigenvalue weighted by Crippen LogP contribution is -2.30. The van der Waals surface area contributed by atoms with Gasteiger partial charge in [0.05, 0.1) is 0 Å². The van der Waals surface area contributed by atoms with E-state index in [9.17, 15) is 14.4 Å². The highest BCUT2D eigenvalue weighted by atomic mass is 16.6. The minimum atomic E-state index is -0.778. The maximum absolute atomic E-state index is 12.8. The van der Waals surface area contributed by atoms with Crippen molar-refractivity contribution in [2.45, 2.75) is 322 Å². The Labute approximate surface area is 428 Å². The molecule has 0 bridgehead atoms. The summed E-state index contributed by atoms with van der Waals surface area (Å²) in [6.07, 6.45) is 71.1. The lowest BCUT2D eigenvalue weighted by Gasteiger charge is -2.18. The lowest BCUT2D eigenvalue weighted by atomic mass is 10.0. The van der Waals surface area contributed by atoms with E-state index in [0.29, 0.717) is 19.3 Å². The second-order valence-corrected chi connectivity index (χ2v) is 20.3. The van der Waals surface area contributed by atoms with Crippen LogP contribution >= 0.6 is 0 Å². The van der Waals surface area contributed by atoms with Crippen LogP contribution in [-0.2, 0) is 28.6 Å². The van der Waals surface area contributed by atoms with Crippen LogP contribution < -0.4 is 0 Å². The molecule has 0 amide bonds. The molecule has 0 N–H and O–H groups in total. The fraction of sp³-hybridized carbons (Fsp3) is 0.825. The van der Waals surface area contributed by atoms with Gasteiger partial charge in [-0.15, -0.1) is 0 Å². The van der Waals surface area contributed by atoms with Crippen LogP contribution in [0.3, 0.4) is 0 Å². The Morgan fingerprint density at radius 2 is 0.522 bits per heavy atom. The minimum absolute atomic E-state index is 0.0757. The van der Waals surface area contributed by atoms with E-state index in [0.717, 1.165) is 89.9 Å². The first-order chi connectivity index (χ1) is 34.0. The number of allylic oxidation sites excluding steroid dienone is 8. The molecule has 0 aliphatic heterocycles. The third-order valence-electron chi connectivity index (χ3n) is 13.3. The van der Waals surface area contributed by atoms with E-state index in [1.54, 1.807) is 0 Å². The molecule has 6 heteroatoms. The Kier molecular flexibility index (Phi) is 55.7. The van der Waals surface area contributed by atoms with Crippen molar-refractivity contribution >= 4 is 17.9 Å². The smallest absolute Gasteiger partial charge is 0.306 e. The van der Waals surface area contributed by atoms with E-state index in [-0.39, 0.29) is 31.1 Å². The lowest BCUT2D eigenvalue weighted by molar-refractivity contribution is -0.167. The Morgan fingerprint density at radius 1 is 0.290 bits per heavy atom. The molecule has 0 rings (SSSR count). The van der Waals surface area contributed by atoms with Gasteiger partial charge in [-0.25, -0.2) is 0 Å². The highest BCUT2D eigenvalue weighted by molar-refractivity contribution is 5.71. The number of hydrogen-bond donors (Lipinski definition) is 0. The van der Waals surface area contributed by atoms with Crippen molar-refractivity contribution in [3.63, 3.8) is 0 Å². The molecule has 0 saturated heterocycles.